The molecule has 0 radical (unpaired) electrons. The molecule has 1 aromatic heterocycles. The fourth-order valence-corrected chi connectivity index (χ4v) is 5.54. The molecule has 0 bridgehead atoms. The first kappa shape index (κ1) is 20.5. The molecular weight excluding hydrogens is 384 g/mol. The maximum Gasteiger partial charge on any atom is 0.229 e. The number of likely N-dealkylation sites (tertiary alicyclic amines) is 1. The molecule has 3 rings (SSSR count). The molecule has 10 heteroatoms. The number of sulfone groups is 1. The highest BCUT2D eigenvalue weighted by molar-refractivity contribution is 7.91. The Hall–Kier alpha value is -2.23. The van der Waals surface area contributed by atoms with E-state index in [2.05, 4.69) is 5.10 Å². The summed E-state index contributed by atoms with van der Waals surface area (Å²) in [5, 5.41) is 4.52. The van der Waals surface area contributed by atoms with Crippen molar-refractivity contribution in [1.29, 1.82) is 0 Å². The summed E-state index contributed by atoms with van der Waals surface area (Å²) in [5.74, 6) is -0.332. The number of hydrogen-bond acceptors (Lipinski definition) is 6. The van der Waals surface area contributed by atoms with Gasteiger partial charge in [-0.05, 0) is 20.3 Å². The number of aryl methyl sites for hydroxylation is 1. The quantitative estimate of drug-likeness (QED) is 0.626. The van der Waals surface area contributed by atoms with Gasteiger partial charge in [-0.25, -0.2) is 8.42 Å². The van der Waals surface area contributed by atoms with Crippen molar-refractivity contribution in [3.63, 3.8) is 0 Å². The monoisotopic (exact) mass is 410 g/mol. The normalized spacial score (nSPS) is 21.5. The highest BCUT2D eigenvalue weighted by Crippen LogP contribution is 2.27. The van der Waals surface area contributed by atoms with Crippen LogP contribution < -0.4 is 0 Å². The third-order valence-electron chi connectivity index (χ3n) is 5.55. The van der Waals surface area contributed by atoms with Gasteiger partial charge < -0.3 is 4.90 Å². The second kappa shape index (κ2) is 7.65. The molecule has 9 nitrogen and oxygen atoms in total. The molecule has 1 atom stereocenters. The van der Waals surface area contributed by atoms with E-state index in [9.17, 15) is 22.8 Å². The predicted octanol–water partition coefficient (Wildman–Crippen LogP) is 0.357. The highest BCUT2D eigenvalue weighted by Gasteiger charge is 2.32. The van der Waals surface area contributed by atoms with Gasteiger partial charge in [0.1, 0.15) is 0 Å². The van der Waals surface area contributed by atoms with E-state index in [0.717, 1.165) is 21.9 Å². The average Bonchev–Trinajstić information content (AvgIpc) is 3.24. The van der Waals surface area contributed by atoms with Crippen molar-refractivity contribution >= 4 is 27.6 Å². The first-order valence-electron chi connectivity index (χ1n) is 9.41. The molecule has 3 heterocycles. The van der Waals surface area contributed by atoms with Crippen LogP contribution in [-0.4, -0.2) is 70.8 Å². The lowest BCUT2D eigenvalue weighted by Crippen LogP contribution is -2.34. The smallest absolute Gasteiger partial charge is 0.229 e. The first-order valence-corrected chi connectivity index (χ1v) is 11.2. The van der Waals surface area contributed by atoms with Gasteiger partial charge in [-0.2, -0.15) is 5.10 Å². The molecule has 2 aliphatic rings. The summed E-state index contributed by atoms with van der Waals surface area (Å²) < 4.78 is 25.3. The van der Waals surface area contributed by atoms with Gasteiger partial charge in [-0.3, -0.25) is 24.0 Å². The van der Waals surface area contributed by atoms with Crippen LogP contribution in [0.2, 0.25) is 0 Å². The molecule has 0 aromatic carbocycles. The van der Waals surface area contributed by atoms with Crippen LogP contribution in [0.4, 0.5) is 0 Å². The second-order valence-corrected chi connectivity index (χ2v) is 9.82. The van der Waals surface area contributed by atoms with Crippen molar-refractivity contribution in [2.24, 2.45) is 0 Å². The summed E-state index contributed by atoms with van der Waals surface area (Å²) >= 11 is 0. The van der Waals surface area contributed by atoms with E-state index in [0.29, 0.717) is 13.0 Å². The van der Waals surface area contributed by atoms with E-state index in [1.165, 1.54) is 0 Å². The third-order valence-corrected chi connectivity index (χ3v) is 7.30. The number of amides is 3. The molecule has 2 saturated heterocycles. The number of hydrogen-bond donors (Lipinski definition) is 0. The molecule has 2 aliphatic heterocycles. The number of imide groups is 1. The lowest BCUT2D eigenvalue weighted by atomic mass is 10.1. The number of carbonyl (C=O) groups excluding carboxylic acids is 3. The minimum atomic E-state index is -3.01. The van der Waals surface area contributed by atoms with Gasteiger partial charge >= 0.3 is 0 Å². The van der Waals surface area contributed by atoms with Crippen LogP contribution in [0.3, 0.4) is 0 Å². The highest BCUT2D eigenvalue weighted by atomic mass is 32.2. The second-order valence-electron chi connectivity index (χ2n) is 7.59. The maximum absolute atomic E-state index is 12.5. The topological polar surface area (TPSA) is 110 Å². The molecule has 0 aliphatic carbocycles. The standard InChI is InChI=1S/C18H26N4O5S/c1-12-15(13(2)22(19-12)14-7-9-28(26,27)11-14)10-20(3)16(23)6-8-21-17(24)4-5-18(21)25/h14H,4-11H2,1-3H3/t14-/m1/s1. The fourth-order valence-electron chi connectivity index (χ4n) is 3.85. The van der Waals surface area contributed by atoms with Crippen molar-refractivity contribution < 1.29 is 22.8 Å². The van der Waals surface area contributed by atoms with E-state index in [1.807, 2.05) is 13.8 Å². The molecule has 0 spiro atoms. The van der Waals surface area contributed by atoms with Crippen molar-refractivity contribution in [1.82, 2.24) is 19.6 Å². The minimum absolute atomic E-state index is 0.0844. The van der Waals surface area contributed by atoms with Crippen molar-refractivity contribution in [2.45, 2.75) is 52.1 Å². The first-order chi connectivity index (χ1) is 13.1. The van der Waals surface area contributed by atoms with Gasteiger partial charge in [-0.15, -0.1) is 0 Å². The molecule has 1 aromatic rings. The van der Waals surface area contributed by atoms with Gasteiger partial charge in [0.25, 0.3) is 0 Å². The van der Waals surface area contributed by atoms with Crippen LogP contribution in [0.5, 0.6) is 0 Å². The van der Waals surface area contributed by atoms with Crippen LogP contribution in [0, 0.1) is 13.8 Å². The Balaban J connectivity index is 1.63. The molecule has 3 amide bonds. The van der Waals surface area contributed by atoms with Crippen LogP contribution in [0.1, 0.15) is 48.7 Å². The molecular formula is C18H26N4O5S. The molecule has 0 saturated carbocycles. The lowest BCUT2D eigenvalue weighted by Gasteiger charge is -2.20. The maximum atomic E-state index is 12.5. The summed E-state index contributed by atoms with van der Waals surface area (Å²) in [7, 11) is -1.34. The number of rotatable bonds is 6. The van der Waals surface area contributed by atoms with Crippen molar-refractivity contribution in [3.8, 4) is 0 Å². The van der Waals surface area contributed by atoms with Gasteiger partial charge in [-0.1, -0.05) is 0 Å². The van der Waals surface area contributed by atoms with E-state index >= 15 is 0 Å². The Kier molecular flexibility index (Phi) is 5.60. The molecule has 0 unspecified atom stereocenters. The number of nitrogens with zero attached hydrogens (tertiary/aromatic N) is 4. The van der Waals surface area contributed by atoms with Crippen LogP contribution in [0.15, 0.2) is 0 Å². The number of aromatic nitrogens is 2. The Labute approximate surface area is 164 Å². The zero-order valence-electron chi connectivity index (χ0n) is 16.5. The third kappa shape index (κ3) is 4.11. The van der Waals surface area contributed by atoms with Gasteiger partial charge in [0, 0.05) is 50.7 Å². The van der Waals surface area contributed by atoms with E-state index in [4.69, 9.17) is 0 Å². The summed E-state index contributed by atoms with van der Waals surface area (Å²) in [6, 6.07) is -0.161. The Morgan fingerprint density at radius 1 is 1.21 bits per heavy atom. The molecule has 0 N–H and O–H groups in total. The van der Waals surface area contributed by atoms with E-state index in [1.54, 1.807) is 16.6 Å². The van der Waals surface area contributed by atoms with Gasteiger partial charge in [0.15, 0.2) is 9.84 Å². The van der Waals surface area contributed by atoms with Crippen molar-refractivity contribution in [2.75, 3.05) is 25.1 Å². The average molecular weight is 410 g/mol. The van der Waals surface area contributed by atoms with Gasteiger partial charge in [0.05, 0.1) is 23.2 Å². The Bertz CT molecular complexity index is 905. The van der Waals surface area contributed by atoms with E-state index in [-0.39, 0.29) is 61.1 Å². The lowest BCUT2D eigenvalue weighted by molar-refractivity contribution is -0.139. The summed E-state index contributed by atoms with van der Waals surface area (Å²) in [5.41, 5.74) is 2.53. The zero-order chi connectivity index (χ0) is 20.6. The molecule has 154 valence electrons. The van der Waals surface area contributed by atoms with Crippen LogP contribution >= 0.6 is 0 Å². The molecule has 28 heavy (non-hydrogen) atoms. The Morgan fingerprint density at radius 2 is 1.86 bits per heavy atom. The van der Waals surface area contributed by atoms with Gasteiger partial charge in [0.2, 0.25) is 17.7 Å². The van der Waals surface area contributed by atoms with Crippen LogP contribution in [-0.2, 0) is 30.8 Å². The molecule has 2 fully saturated rings. The summed E-state index contributed by atoms with van der Waals surface area (Å²) in [6.07, 6.45) is 1.08. The minimum Gasteiger partial charge on any atom is -0.341 e. The van der Waals surface area contributed by atoms with Crippen LogP contribution in [0.25, 0.3) is 0 Å². The SMILES string of the molecule is Cc1nn([C@@H]2CCS(=O)(=O)C2)c(C)c1CN(C)C(=O)CCN1C(=O)CCC1=O. The number of carbonyl (C=O) groups is 3. The van der Waals surface area contributed by atoms with E-state index < -0.39 is 9.84 Å². The predicted molar refractivity (Wildman–Crippen MR) is 101 cm³/mol. The van der Waals surface area contributed by atoms with Crippen molar-refractivity contribution in [3.05, 3.63) is 17.0 Å². The zero-order valence-corrected chi connectivity index (χ0v) is 17.3. The fraction of sp³-hybridized carbons (Fsp3) is 0.667. The summed E-state index contributed by atoms with van der Waals surface area (Å²) in [4.78, 5) is 38.5. The Morgan fingerprint density at radius 3 is 2.43 bits per heavy atom. The summed E-state index contributed by atoms with van der Waals surface area (Å²) in [6.45, 7) is 4.19. The largest absolute Gasteiger partial charge is 0.341 e.